The summed E-state index contributed by atoms with van der Waals surface area (Å²) in [6, 6.07) is 4.17. The van der Waals surface area contributed by atoms with Crippen molar-refractivity contribution in [2.24, 2.45) is 0 Å². The summed E-state index contributed by atoms with van der Waals surface area (Å²) in [6.45, 7) is 12.0. The predicted molar refractivity (Wildman–Crippen MR) is 97.5 cm³/mol. The van der Waals surface area contributed by atoms with Crippen molar-refractivity contribution in [3.8, 4) is 11.5 Å². The van der Waals surface area contributed by atoms with E-state index in [1.807, 2.05) is 19.9 Å². The molecule has 6 heteroatoms. The molecule has 1 fully saturated rings. The molecule has 25 heavy (non-hydrogen) atoms. The zero-order valence-electron chi connectivity index (χ0n) is 16.2. The Morgan fingerprint density at radius 1 is 1.16 bits per heavy atom. The lowest BCUT2D eigenvalue weighted by atomic mass is 10.1. The fourth-order valence-corrected chi connectivity index (χ4v) is 3.53. The van der Waals surface area contributed by atoms with E-state index in [0.717, 1.165) is 44.2 Å². The molecule has 1 aliphatic rings. The van der Waals surface area contributed by atoms with Gasteiger partial charge in [-0.3, -0.25) is 4.79 Å². The molecule has 0 bridgehead atoms. The van der Waals surface area contributed by atoms with E-state index in [4.69, 9.17) is 9.47 Å². The van der Waals surface area contributed by atoms with Crippen LogP contribution in [-0.2, 0) is 11.3 Å². The van der Waals surface area contributed by atoms with Crippen LogP contribution in [0.25, 0.3) is 0 Å². The minimum absolute atomic E-state index is 0.0318. The van der Waals surface area contributed by atoms with E-state index in [0.29, 0.717) is 6.54 Å². The van der Waals surface area contributed by atoms with E-state index in [1.165, 1.54) is 16.0 Å². The average molecular weight is 351 g/mol. The van der Waals surface area contributed by atoms with Crippen LogP contribution in [0.5, 0.6) is 11.5 Å². The molecule has 6 nitrogen and oxygen atoms in total. The van der Waals surface area contributed by atoms with Gasteiger partial charge in [0.15, 0.2) is 17.5 Å². The highest BCUT2D eigenvalue weighted by molar-refractivity contribution is 5.79. The minimum atomic E-state index is 0.0318. The molecule has 3 N–H and O–H groups in total. The van der Waals surface area contributed by atoms with Crippen molar-refractivity contribution in [1.29, 1.82) is 0 Å². The zero-order chi connectivity index (χ0) is 18.4. The fourth-order valence-electron chi connectivity index (χ4n) is 3.53. The highest BCUT2D eigenvalue weighted by Crippen LogP contribution is 2.29. The highest BCUT2D eigenvalue weighted by Gasteiger charge is 2.31. The third-order valence-electron chi connectivity index (χ3n) is 5.24. The molecule has 1 amide bonds. The second-order valence-electron chi connectivity index (χ2n) is 6.83. The van der Waals surface area contributed by atoms with Gasteiger partial charge < -0.3 is 24.6 Å². The molecule has 1 heterocycles. The first-order valence-electron chi connectivity index (χ1n) is 9.17. The molecule has 140 valence electrons. The van der Waals surface area contributed by atoms with Gasteiger partial charge in [-0.1, -0.05) is 0 Å². The van der Waals surface area contributed by atoms with E-state index >= 15 is 0 Å². The lowest BCUT2D eigenvalue weighted by molar-refractivity contribution is -1.02. The van der Waals surface area contributed by atoms with Crippen molar-refractivity contribution in [3.05, 3.63) is 23.3 Å². The first-order chi connectivity index (χ1) is 12.0. The third-order valence-corrected chi connectivity index (χ3v) is 5.24. The molecule has 1 aliphatic heterocycles. The van der Waals surface area contributed by atoms with Gasteiger partial charge in [0.1, 0.15) is 32.7 Å². The van der Waals surface area contributed by atoms with Crippen molar-refractivity contribution in [2.75, 3.05) is 46.9 Å². The number of piperazine rings is 1. The number of nitrogens with one attached hydrogen (secondary N) is 3. The van der Waals surface area contributed by atoms with E-state index in [-0.39, 0.29) is 11.9 Å². The van der Waals surface area contributed by atoms with Crippen LogP contribution in [0.2, 0.25) is 0 Å². The average Bonchev–Trinajstić information content (AvgIpc) is 2.63. The Balaban J connectivity index is 1.95. The first-order valence-corrected chi connectivity index (χ1v) is 9.17. The third kappa shape index (κ3) is 4.86. The Bertz CT molecular complexity index is 584. The predicted octanol–water partition coefficient (Wildman–Crippen LogP) is -1.18. The zero-order valence-corrected chi connectivity index (χ0v) is 16.2. The van der Waals surface area contributed by atoms with Gasteiger partial charge in [-0.05, 0) is 38.5 Å². The van der Waals surface area contributed by atoms with Crippen molar-refractivity contribution in [2.45, 2.75) is 33.4 Å². The number of rotatable bonds is 7. The van der Waals surface area contributed by atoms with E-state index in [2.05, 4.69) is 18.3 Å². The number of hydrogen-bond donors (Lipinski definition) is 3. The Morgan fingerprint density at radius 2 is 1.76 bits per heavy atom. The van der Waals surface area contributed by atoms with Gasteiger partial charge in [0.2, 0.25) is 0 Å². The summed E-state index contributed by atoms with van der Waals surface area (Å²) in [6.07, 6.45) is 0. The Hall–Kier alpha value is -1.79. The monoisotopic (exact) mass is 351 g/mol. The quantitative estimate of drug-likeness (QED) is 0.580. The number of methoxy groups -OCH3 is 2. The Kier molecular flexibility index (Phi) is 7.08. The number of aryl methyl sites for hydroxylation is 1. The summed E-state index contributed by atoms with van der Waals surface area (Å²) in [7, 11) is 3.34. The minimum Gasteiger partial charge on any atom is -0.493 e. The SMILES string of the molecule is CCNC(=O)[C@H](C)[NH+]1CC[NH+](Cc2cc(OC)c(OC)cc2C)CC1. The molecule has 0 radical (unpaired) electrons. The maximum atomic E-state index is 12.0. The topological polar surface area (TPSA) is 56.4 Å². The Morgan fingerprint density at radius 3 is 2.32 bits per heavy atom. The fraction of sp³-hybridized carbons (Fsp3) is 0.632. The van der Waals surface area contributed by atoms with Gasteiger partial charge in [0.05, 0.1) is 14.2 Å². The highest BCUT2D eigenvalue weighted by atomic mass is 16.5. The number of likely N-dealkylation sites (N-methyl/N-ethyl adjacent to an activating group) is 1. The van der Waals surface area contributed by atoms with Crippen molar-refractivity contribution >= 4 is 5.91 Å². The Labute approximate surface area is 151 Å². The number of ether oxygens (including phenoxy) is 2. The molecular weight excluding hydrogens is 318 g/mol. The number of benzene rings is 1. The van der Waals surface area contributed by atoms with Gasteiger partial charge in [-0.25, -0.2) is 0 Å². The molecule has 1 atom stereocenters. The van der Waals surface area contributed by atoms with E-state index in [9.17, 15) is 4.79 Å². The van der Waals surface area contributed by atoms with Crippen LogP contribution >= 0.6 is 0 Å². The van der Waals surface area contributed by atoms with Crippen LogP contribution < -0.4 is 24.6 Å². The van der Waals surface area contributed by atoms with Crippen LogP contribution in [0.1, 0.15) is 25.0 Å². The molecule has 0 aromatic heterocycles. The number of hydrogen-bond acceptors (Lipinski definition) is 3. The lowest BCUT2D eigenvalue weighted by Gasteiger charge is -2.32. The number of amides is 1. The van der Waals surface area contributed by atoms with Crippen molar-refractivity contribution < 1.29 is 24.1 Å². The second kappa shape index (κ2) is 9.06. The summed E-state index contributed by atoms with van der Waals surface area (Å²) < 4.78 is 10.8. The molecule has 0 unspecified atom stereocenters. The normalized spacial score (nSPS) is 21.5. The molecule has 0 spiro atoms. The summed E-state index contributed by atoms with van der Waals surface area (Å²) >= 11 is 0. The number of carbonyl (C=O) groups excluding carboxylic acids is 1. The smallest absolute Gasteiger partial charge is 0.278 e. The van der Waals surface area contributed by atoms with Crippen LogP contribution in [0.15, 0.2) is 12.1 Å². The number of carbonyl (C=O) groups is 1. The van der Waals surface area contributed by atoms with E-state index in [1.54, 1.807) is 19.1 Å². The summed E-state index contributed by atoms with van der Waals surface area (Å²) in [5, 5.41) is 2.93. The molecule has 0 saturated carbocycles. The molecule has 2 rings (SSSR count). The van der Waals surface area contributed by atoms with Crippen LogP contribution in [-0.4, -0.2) is 58.9 Å². The number of quaternary nitrogens is 2. The van der Waals surface area contributed by atoms with E-state index < -0.39 is 0 Å². The summed E-state index contributed by atoms with van der Waals surface area (Å²) in [5.74, 6) is 1.73. The largest absolute Gasteiger partial charge is 0.493 e. The molecular formula is C19H33N3O3+2. The van der Waals surface area contributed by atoms with Gasteiger partial charge in [0.25, 0.3) is 5.91 Å². The maximum absolute atomic E-state index is 12.0. The molecule has 1 aromatic rings. The van der Waals surface area contributed by atoms with Gasteiger partial charge in [-0.2, -0.15) is 0 Å². The van der Waals surface area contributed by atoms with Gasteiger partial charge >= 0.3 is 0 Å². The molecule has 1 aromatic carbocycles. The first kappa shape index (κ1) is 19.5. The second-order valence-corrected chi connectivity index (χ2v) is 6.83. The summed E-state index contributed by atoms with van der Waals surface area (Å²) in [4.78, 5) is 15.0. The summed E-state index contributed by atoms with van der Waals surface area (Å²) in [5.41, 5.74) is 2.53. The van der Waals surface area contributed by atoms with Crippen LogP contribution in [0, 0.1) is 6.92 Å². The van der Waals surface area contributed by atoms with Gasteiger partial charge in [-0.15, -0.1) is 0 Å². The molecule has 1 saturated heterocycles. The van der Waals surface area contributed by atoms with Crippen molar-refractivity contribution in [1.82, 2.24) is 5.32 Å². The van der Waals surface area contributed by atoms with Gasteiger partial charge in [0, 0.05) is 12.1 Å². The maximum Gasteiger partial charge on any atom is 0.278 e. The molecule has 0 aliphatic carbocycles. The van der Waals surface area contributed by atoms with Crippen molar-refractivity contribution in [3.63, 3.8) is 0 Å². The lowest BCUT2D eigenvalue weighted by Crippen LogP contribution is -3.29. The van der Waals surface area contributed by atoms with Crippen LogP contribution in [0.3, 0.4) is 0 Å². The van der Waals surface area contributed by atoms with Crippen LogP contribution in [0.4, 0.5) is 0 Å². The standard InChI is InChI=1S/C19H31N3O3/c1-6-20-19(23)15(3)22-9-7-21(8-10-22)13-16-12-18(25-5)17(24-4)11-14(16)2/h11-12,15H,6-10,13H2,1-5H3,(H,20,23)/p+2/t15-/m0/s1.